The molecule has 0 aliphatic carbocycles. The van der Waals surface area contributed by atoms with Crippen molar-refractivity contribution in [1.82, 2.24) is 24.4 Å². The third kappa shape index (κ3) is 5.34. The Balaban J connectivity index is 1.86. The van der Waals surface area contributed by atoms with Crippen LogP contribution in [0, 0.1) is 12.7 Å². The summed E-state index contributed by atoms with van der Waals surface area (Å²) in [5, 5.41) is 0.130. The van der Waals surface area contributed by atoms with Crippen LogP contribution in [0.5, 0.6) is 0 Å². The van der Waals surface area contributed by atoms with E-state index in [1.807, 2.05) is 11.8 Å². The number of piperazine rings is 1. The van der Waals surface area contributed by atoms with Crippen LogP contribution in [-0.2, 0) is 4.79 Å². The lowest BCUT2D eigenvalue weighted by Crippen LogP contribution is -2.54. The van der Waals surface area contributed by atoms with Gasteiger partial charge in [-0.05, 0) is 43.7 Å². The maximum atomic E-state index is 15.3. The molecule has 1 aliphatic rings. The Labute approximate surface area is 257 Å². The van der Waals surface area contributed by atoms with Gasteiger partial charge in [0.25, 0.3) is 0 Å². The lowest BCUT2D eigenvalue weighted by Gasteiger charge is -2.40. The zero-order valence-electron chi connectivity index (χ0n) is 24.9. The number of pyridine rings is 2. The first kappa shape index (κ1) is 29.5. The SMILES string of the molecule is [2H]C(=O)c1cccc(F)c1-c1nc2c(cc1Cl)c(N1CCN(C(=O)C=C)C[C@@H]1C)nc(=O)n2-c1c(C)ccnc1C(CF)CF. The van der Waals surface area contributed by atoms with Crippen LogP contribution in [0.15, 0.2) is 54.0 Å². The van der Waals surface area contributed by atoms with Crippen molar-refractivity contribution in [1.29, 1.82) is 0 Å². The molecule has 1 fully saturated rings. The summed E-state index contributed by atoms with van der Waals surface area (Å²) in [6.45, 7) is 5.67. The fourth-order valence-corrected chi connectivity index (χ4v) is 5.75. The molecule has 9 nitrogen and oxygen atoms in total. The maximum absolute atomic E-state index is 15.3. The second-order valence-corrected chi connectivity index (χ2v) is 10.8. The molecule has 44 heavy (non-hydrogen) atoms. The number of rotatable bonds is 8. The third-order valence-electron chi connectivity index (χ3n) is 7.68. The van der Waals surface area contributed by atoms with Gasteiger partial charge in [-0.2, -0.15) is 4.98 Å². The number of halogens is 4. The second kappa shape index (κ2) is 12.6. The Morgan fingerprint density at radius 2 is 2.00 bits per heavy atom. The number of fused-ring (bicyclic) bond motifs is 1. The summed E-state index contributed by atoms with van der Waals surface area (Å²) in [6.07, 6.45) is 1.40. The van der Waals surface area contributed by atoms with Crippen LogP contribution in [0.4, 0.5) is 19.0 Å². The Kier molecular flexibility index (Phi) is 8.42. The lowest BCUT2D eigenvalue weighted by molar-refractivity contribution is -0.126. The van der Waals surface area contributed by atoms with Crippen molar-refractivity contribution < 1.29 is 24.1 Å². The highest BCUT2D eigenvalue weighted by atomic mass is 35.5. The van der Waals surface area contributed by atoms with Gasteiger partial charge in [0.2, 0.25) is 5.91 Å². The highest BCUT2D eigenvalue weighted by Gasteiger charge is 2.31. The second-order valence-electron chi connectivity index (χ2n) is 10.4. The first-order chi connectivity index (χ1) is 21.5. The number of aromatic nitrogens is 4. The molecule has 228 valence electrons. The van der Waals surface area contributed by atoms with Crippen molar-refractivity contribution in [3.05, 3.63) is 87.3 Å². The number of aldehydes is 1. The minimum absolute atomic E-state index is 0.0471. The average Bonchev–Trinajstić information content (AvgIpc) is 3.01. The molecule has 4 heterocycles. The predicted octanol–water partition coefficient (Wildman–Crippen LogP) is 5.00. The third-order valence-corrected chi connectivity index (χ3v) is 7.97. The molecule has 0 radical (unpaired) electrons. The molecular weight excluding hydrogens is 597 g/mol. The number of alkyl halides is 2. The number of carbonyl (C=O) groups is 2. The standard InChI is InChI=1S/C31H28ClF3N6O3/c1-4-24(43)39-10-11-40(18(3)15-39)29-21-12-22(32)27(25-19(16-42)6-5-7-23(25)35)37-30(21)41(31(44)38-29)28-17(2)8-9-36-26(28)20(13-33)14-34/h4-9,12,16,18,20H,1,10-11,13-15H2,2-3H3/t18-/m0/s1/i16D. The molecule has 0 N–H and O–H groups in total. The molecule has 1 aliphatic heterocycles. The minimum atomic E-state index is -1.30. The first-order valence-corrected chi connectivity index (χ1v) is 14.1. The van der Waals surface area contributed by atoms with Gasteiger partial charge in [-0.25, -0.2) is 18.7 Å². The van der Waals surface area contributed by atoms with Crippen LogP contribution < -0.4 is 10.6 Å². The number of nitrogens with zero attached hydrogens (tertiary/aromatic N) is 6. The van der Waals surface area contributed by atoms with Crippen LogP contribution >= 0.6 is 11.6 Å². The Morgan fingerprint density at radius 1 is 1.25 bits per heavy atom. The van der Waals surface area contributed by atoms with Crippen molar-refractivity contribution in [3.8, 4) is 16.9 Å². The topological polar surface area (TPSA) is 101 Å². The number of hydrogen-bond donors (Lipinski definition) is 0. The summed E-state index contributed by atoms with van der Waals surface area (Å²) < 4.78 is 52.0. The van der Waals surface area contributed by atoms with E-state index in [0.717, 1.165) is 10.6 Å². The van der Waals surface area contributed by atoms with E-state index in [2.05, 4.69) is 21.5 Å². The summed E-state index contributed by atoms with van der Waals surface area (Å²) in [7, 11) is 0. The Morgan fingerprint density at radius 3 is 2.66 bits per heavy atom. The van der Waals surface area contributed by atoms with Crippen LogP contribution in [-0.4, -0.2) is 75.6 Å². The minimum Gasteiger partial charge on any atom is -0.350 e. The highest BCUT2D eigenvalue weighted by Crippen LogP contribution is 2.37. The van der Waals surface area contributed by atoms with Gasteiger partial charge in [-0.1, -0.05) is 30.3 Å². The van der Waals surface area contributed by atoms with Crippen molar-refractivity contribution in [3.63, 3.8) is 0 Å². The van der Waals surface area contributed by atoms with E-state index in [9.17, 15) is 23.2 Å². The van der Waals surface area contributed by atoms with Gasteiger partial charge in [-0.15, -0.1) is 0 Å². The lowest BCUT2D eigenvalue weighted by atomic mass is 10.0. The van der Waals surface area contributed by atoms with Gasteiger partial charge < -0.3 is 9.80 Å². The Bertz CT molecular complexity index is 1900. The van der Waals surface area contributed by atoms with Gasteiger partial charge >= 0.3 is 5.69 Å². The molecule has 0 unspecified atom stereocenters. The van der Waals surface area contributed by atoms with Gasteiger partial charge in [0.05, 0.1) is 33.4 Å². The maximum Gasteiger partial charge on any atom is 0.355 e. The smallest absolute Gasteiger partial charge is 0.350 e. The van der Waals surface area contributed by atoms with Crippen molar-refractivity contribution >= 4 is 40.6 Å². The van der Waals surface area contributed by atoms with Gasteiger partial charge in [-0.3, -0.25) is 23.4 Å². The summed E-state index contributed by atoms with van der Waals surface area (Å²) in [5.74, 6) is -2.26. The molecule has 1 atom stereocenters. The van der Waals surface area contributed by atoms with Crippen LogP contribution in [0.3, 0.4) is 0 Å². The molecular formula is C31H28ClF3N6O3. The number of benzene rings is 1. The molecule has 4 aromatic rings. The zero-order chi connectivity index (χ0) is 32.6. The van der Waals surface area contributed by atoms with Crippen molar-refractivity contribution in [2.24, 2.45) is 0 Å². The van der Waals surface area contributed by atoms with E-state index in [0.29, 0.717) is 18.7 Å². The van der Waals surface area contributed by atoms with Gasteiger partial charge in [0.1, 0.15) is 26.4 Å². The molecule has 0 spiro atoms. The molecule has 5 rings (SSSR count). The fraction of sp³-hybridized carbons (Fsp3) is 0.290. The number of amides is 1. The zero-order valence-corrected chi connectivity index (χ0v) is 24.6. The summed E-state index contributed by atoms with van der Waals surface area (Å²) in [4.78, 5) is 55.1. The normalized spacial score (nSPS) is 15.5. The summed E-state index contributed by atoms with van der Waals surface area (Å²) in [5.41, 5.74) is -1.41. The number of anilines is 1. The van der Waals surface area contributed by atoms with Crippen LogP contribution in [0.2, 0.25) is 5.02 Å². The first-order valence-electron chi connectivity index (χ1n) is 14.2. The molecule has 3 aromatic heterocycles. The Hall–Kier alpha value is -4.58. The predicted molar refractivity (Wildman–Crippen MR) is 162 cm³/mol. The monoisotopic (exact) mass is 625 g/mol. The van der Waals surface area contributed by atoms with Crippen LogP contribution in [0.1, 0.15) is 35.8 Å². The van der Waals surface area contributed by atoms with Gasteiger partial charge in [0.15, 0.2) is 11.9 Å². The molecule has 1 aromatic carbocycles. The van der Waals surface area contributed by atoms with E-state index in [1.165, 1.54) is 30.5 Å². The van der Waals surface area contributed by atoms with E-state index in [-0.39, 0.29) is 68.6 Å². The highest BCUT2D eigenvalue weighted by molar-refractivity contribution is 6.34. The molecule has 1 saturated heterocycles. The van der Waals surface area contributed by atoms with Crippen molar-refractivity contribution in [2.75, 3.05) is 37.9 Å². The number of carbonyl (C=O) groups excluding carboxylic acids is 2. The van der Waals surface area contributed by atoms with Crippen LogP contribution in [0.25, 0.3) is 28.0 Å². The quantitative estimate of drug-likeness (QED) is 0.201. The largest absolute Gasteiger partial charge is 0.355 e. The van der Waals surface area contributed by atoms with E-state index >= 15 is 4.39 Å². The average molecular weight is 626 g/mol. The fourth-order valence-electron chi connectivity index (χ4n) is 5.50. The molecule has 13 heteroatoms. The molecule has 0 bridgehead atoms. The van der Waals surface area contributed by atoms with E-state index in [4.69, 9.17) is 13.0 Å². The van der Waals surface area contributed by atoms with Crippen molar-refractivity contribution in [2.45, 2.75) is 25.8 Å². The van der Waals surface area contributed by atoms with E-state index < -0.39 is 37.0 Å². The molecule has 1 amide bonds. The number of hydrogen-bond acceptors (Lipinski definition) is 7. The van der Waals surface area contributed by atoms with Gasteiger partial charge in [0, 0.05) is 43.0 Å². The summed E-state index contributed by atoms with van der Waals surface area (Å²) in [6, 6.07) is 6.25. The summed E-state index contributed by atoms with van der Waals surface area (Å²) >= 11 is 6.70. The van der Waals surface area contributed by atoms with E-state index in [1.54, 1.807) is 17.9 Å². The number of aryl methyl sites for hydroxylation is 1. The molecule has 0 saturated carbocycles.